The highest BCUT2D eigenvalue weighted by Gasteiger charge is 2.17. The van der Waals surface area contributed by atoms with E-state index in [0.717, 1.165) is 11.3 Å². The highest BCUT2D eigenvalue weighted by molar-refractivity contribution is 5.36. The fourth-order valence-electron chi connectivity index (χ4n) is 2.14. The maximum atomic E-state index is 6.21. The van der Waals surface area contributed by atoms with Gasteiger partial charge in [-0.3, -0.25) is 4.68 Å². The predicted octanol–water partition coefficient (Wildman–Crippen LogP) is 0.893. The molecule has 1 aromatic heterocycles. The van der Waals surface area contributed by atoms with E-state index in [1.54, 1.807) is 10.9 Å². The Morgan fingerprint density at radius 3 is 2.94 bits per heavy atom. The number of fused-ring (bicyclic) bond motifs is 1. The minimum Gasteiger partial charge on any atom is -0.372 e. The van der Waals surface area contributed by atoms with Gasteiger partial charge >= 0.3 is 0 Å². The summed E-state index contributed by atoms with van der Waals surface area (Å²) in [7, 11) is 1.85. The first-order chi connectivity index (χ1) is 8.25. The summed E-state index contributed by atoms with van der Waals surface area (Å²) in [5.74, 6) is 0. The molecule has 17 heavy (non-hydrogen) atoms. The fraction of sp³-hybridized carbons (Fsp3) is 0.333. The van der Waals surface area contributed by atoms with Crippen molar-refractivity contribution in [1.29, 1.82) is 0 Å². The van der Waals surface area contributed by atoms with Crippen LogP contribution >= 0.6 is 0 Å². The van der Waals surface area contributed by atoms with Crippen molar-refractivity contribution in [3.63, 3.8) is 0 Å². The summed E-state index contributed by atoms with van der Waals surface area (Å²) >= 11 is 0. The van der Waals surface area contributed by atoms with Gasteiger partial charge in [0, 0.05) is 7.05 Å². The number of rotatable bonds is 2. The first-order valence-corrected chi connectivity index (χ1v) is 5.55. The molecule has 1 unspecified atom stereocenters. The Labute approximate surface area is 99.2 Å². The third kappa shape index (κ3) is 1.73. The van der Waals surface area contributed by atoms with E-state index in [2.05, 4.69) is 22.4 Å². The first kappa shape index (κ1) is 10.4. The Balaban J connectivity index is 1.97. The molecule has 0 aliphatic carbocycles. The highest BCUT2D eigenvalue weighted by Crippen LogP contribution is 2.25. The summed E-state index contributed by atoms with van der Waals surface area (Å²) in [6.45, 7) is 1.39. The van der Waals surface area contributed by atoms with E-state index in [-0.39, 0.29) is 6.04 Å². The molecule has 2 N–H and O–H groups in total. The van der Waals surface area contributed by atoms with Crippen LogP contribution in [0.4, 0.5) is 0 Å². The summed E-state index contributed by atoms with van der Waals surface area (Å²) in [4.78, 5) is 0. The van der Waals surface area contributed by atoms with E-state index in [1.165, 1.54) is 11.1 Å². The van der Waals surface area contributed by atoms with Crippen molar-refractivity contribution in [2.24, 2.45) is 12.8 Å². The number of ether oxygens (including phenoxy) is 1. The van der Waals surface area contributed by atoms with Crippen LogP contribution in [0, 0.1) is 0 Å². The SMILES string of the molecule is Cn1nncc1C(N)c1ccc2c(c1)COC2. The van der Waals surface area contributed by atoms with Gasteiger partial charge < -0.3 is 10.5 Å². The third-order valence-electron chi connectivity index (χ3n) is 3.17. The molecule has 0 fully saturated rings. The van der Waals surface area contributed by atoms with Crippen LogP contribution in [0.3, 0.4) is 0 Å². The van der Waals surface area contributed by atoms with Crippen LogP contribution < -0.4 is 5.73 Å². The van der Waals surface area contributed by atoms with Crippen molar-refractivity contribution >= 4 is 0 Å². The number of nitrogens with zero attached hydrogens (tertiary/aromatic N) is 3. The molecule has 88 valence electrons. The van der Waals surface area contributed by atoms with Crippen molar-refractivity contribution in [2.75, 3.05) is 0 Å². The van der Waals surface area contributed by atoms with E-state index in [0.29, 0.717) is 13.2 Å². The van der Waals surface area contributed by atoms with Crippen LogP contribution in [-0.2, 0) is 25.0 Å². The quantitative estimate of drug-likeness (QED) is 0.832. The molecule has 0 radical (unpaired) electrons. The number of aryl methyl sites for hydroxylation is 1. The van der Waals surface area contributed by atoms with E-state index in [4.69, 9.17) is 10.5 Å². The standard InChI is InChI=1S/C12H14N4O/c1-16-11(5-14-15-16)12(13)8-2-3-9-6-17-7-10(9)4-8/h2-5,12H,6-7,13H2,1H3. The van der Waals surface area contributed by atoms with Crippen molar-refractivity contribution in [3.05, 3.63) is 46.8 Å². The molecule has 0 amide bonds. The number of benzene rings is 1. The zero-order valence-electron chi connectivity index (χ0n) is 9.63. The lowest BCUT2D eigenvalue weighted by molar-refractivity contribution is 0.134. The topological polar surface area (TPSA) is 66.0 Å². The van der Waals surface area contributed by atoms with Crippen molar-refractivity contribution < 1.29 is 4.74 Å². The highest BCUT2D eigenvalue weighted by atomic mass is 16.5. The average Bonchev–Trinajstić information content (AvgIpc) is 2.95. The normalized spacial score (nSPS) is 15.9. The monoisotopic (exact) mass is 230 g/mol. The molecule has 1 aliphatic heterocycles. The van der Waals surface area contributed by atoms with Crippen LogP contribution in [0.15, 0.2) is 24.4 Å². The average molecular weight is 230 g/mol. The van der Waals surface area contributed by atoms with Crippen molar-refractivity contribution in [3.8, 4) is 0 Å². The number of aromatic nitrogens is 3. The minimum atomic E-state index is -0.194. The second-order valence-electron chi connectivity index (χ2n) is 4.28. The lowest BCUT2D eigenvalue weighted by Gasteiger charge is -2.12. The largest absolute Gasteiger partial charge is 0.372 e. The summed E-state index contributed by atoms with van der Waals surface area (Å²) in [5, 5.41) is 7.75. The summed E-state index contributed by atoms with van der Waals surface area (Å²) in [6, 6.07) is 6.05. The minimum absolute atomic E-state index is 0.194. The second kappa shape index (κ2) is 3.94. The van der Waals surface area contributed by atoms with Crippen molar-refractivity contribution in [2.45, 2.75) is 19.3 Å². The Kier molecular flexibility index (Phi) is 2.42. The van der Waals surface area contributed by atoms with Gasteiger partial charge in [0.15, 0.2) is 0 Å². The van der Waals surface area contributed by atoms with Gasteiger partial charge in [-0.05, 0) is 16.7 Å². The third-order valence-corrected chi connectivity index (χ3v) is 3.17. The van der Waals surface area contributed by atoms with E-state index in [1.807, 2.05) is 13.1 Å². The smallest absolute Gasteiger partial charge is 0.0796 e. The van der Waals surface area contributed by atoms with E-state index in [9.17, 15) is 0 Å². The van der Waals surface area contributed by atoms with Gasteiger partial charge in [-0.1, -0.05) is 23.4 Å². The summed E-state index contributed by atoms with van der Waals surface area (Å²) < 4.78 is 7.10. The fourth-order valence-corrected chi connectivity index (χ4v) is 2.14. The Morgan fingerprint density at radius 1 is 1.35 bits per heavy atom. The zero-order chi connectivity index (χ0) is 11.8. The molecule has 5 heteroatoms. The second-order valence-corrected chi connectivity index (χ2v) is 4.28. The molecule has 3 rings (SSSR count). The van der Waals surface area contributed by atoms with Crippen molar-refractivity contribution in [1.82, 2.24) is 15.0 Å². The molecule has 1 aliphatic rings. The van der Waals surface area contributed by atoms with E-state index >= 15 is 0 Å². The maximum absolute atomic E-state index is 6.21. The summed E-state index contributed by atoms with van der Waals surface area (Å²) in [5.41, 5.74) is 10.7. The van der Waals surface area contributed by atoms with Gasteiger partial charge in [0.05, 0.1) is 31.1 Å². The maximum Gasteiger partial charge on any atom is 0.0796 e. The van der Waals surface area contributed by atoms with Gasteiger partial charge in [0.1, 0.15) is 0 Å². The van der Waals surface area contributed by atoms with Gasteiger partial charge in [-0.15, -0.1) is 5.10 Å². The van der Waals surface area contributed by atoms with Crippen LogP contribution in [0.1, 0.15) is 28.4 Å². The van der Waals surface area contributed by atoms with Gasteiger partial charge in [0.25, 0.3) is 0 Å². The van der Waals surface area contributed by atoms with Gasteiger partial charge in [-0.25, -0.2) is 0 Å². The Morgan fingerprint density at radius 2 is 2.18 bits per heavy atom. The molecule has 0 saturated heterocycles. The zero-order valence-corrected chi connectivity index (χ0v) is 9.63. The number of hydrogen-bond acceptors (Lipinski definition) is 4. The molecule has 2 aromatic rings. The molecule has 2 heterocycles. The van der Waals surface area contributed by atoms with Crippen LogP contribution in [0.2, 0.25) is 0 Å². The van der Waals surface area contributed by atoms with Gasteiger partial charge in [0.2, 0.25) is 0 Å². The number of hydrogen-bond donors (Lipinski definition) is 1. The molecule has 5 nitrogen and oxygen atoms in total. The van der Waals surface area contributed by atoms with Crippen LogP contribution in [0.5, 0.6) is 0 Å². The van der Waals surface area contributed by atoms with Crippen LogP contribution in [0.25, 0.3) is 0 Å². The molecule has 1 atom stereocenters. The lowest BCUT2D eigenvalue weighted by atomic mass is 10.00. The van der Waals surface area contributed by atoms with E-state index < -0.39 is 0 Å². The van der Waals surface area contributed by atoms with Crippen LogP contribution in [-0.4, -0.2) is 15.0 Å². The lowest BCUT2D eigenvalue weighted by Crippen LogP contribution is -2.16. The predicted molar refractivity (Wildman–Crippen MR) is 62.0 cm³/mol. The van der Waals surface area contributed by atoms with Gasteiger partial charge in [-0.2, -0.15) is 0 Å². The molecule has 0 spiro atoms. The molecule has 0 bridgehead atoms. The Hall–Kier alpha value is -1.72. The molecular weight excluding hydrogens is 216 g/mol. The first-order valence-electron chi connectivity index (χ1n) is 5.55. The number of nitrogens with two attached hydrogens (primary N) is 1. The Bertz CT molecular complexity index is 549. The molecule has 1 aromatic carbocycles. The molecule has 0 saturated carbocycles. The molecular formula is C12H14N4O. The summed E-state index contributed by atoms with van der Waals surface area (Å²) in [6.07, 6.45) is 1.70.